The third-order valence-corrected chi connectivity index (χ3v) is 5.24. The van der Waals surface area contributed by atoms with Gasteiger partial charge in [0, 0.05) is 13.1 Å². The highest BCUT2D eigenvalue weighted by Gasteiger charge is 2.23. The number of hydrogen-bond donors (Lipinski definition) is 0. The highest BCUT2D eigenvalue weighted by Crippen LogP contribution is 2.23. The predicted molar refractivity (Wildman–Crippen MR) is 101 cm³/mol. The second kappa shape index (κ2) is 8.19. The molecule has 25 heavy (non-hydrogen) atoms. The maximum Gasteiger partial charge on any atom is 0.260 e. The zero-order chi connectivity index (χ0) is 17.6. The van der Waals surface area contributed by atoms with Crippen LogP contribution in [0.25, 0.3) is 0 Å². The summed E-state index contributed by atoms with van der Waals surface area (Å²) >= 11 is 0. The lowest BCUT2D eigenvalue weighted by molar-refractivity contribution is -0.134. The number of likely N-dealkylation sites (tertiary alicyclic amines) is 1. The summed E-state index contributed by atoms with van der Waals surface area (Å²) < 4.78 is 5.76. The lowest BCUT2D eigenvalue weighted by atomic mass is 9.90. The van der Waals surface area contributed by atoms with Crippen molar-refractivity contribution in [3.8, 4) is 5.75 Å². The maximum absolute atomic E-state index is 12.4. The van der Waals surface area contributed by atoms with Gasteiger partial charge in [-0.05, 0) is 61.8 Å². The van der Waals surface area contributed by atoms with Crippen molar-refractivity contribution in [2.75, 3.05) is 19.7 Å². The molecule has 0 aromatic heterocycles. The smallest absolute Gasteiger partial charge is 0.260 e. The average Bonchev–Trinajstić information content (AvgIpc) is 2.64. The molecule has 1 aliphatic heterocycles. The van der Waals surface area contributed by atoms with Gasteiger partial charge in [-0.3, -0.25) is 4.79 Å². The molecule has 2 aromatic carbocycles. The molecule has 3 heteroatoms. The van der Waals surface area contributed by atoms with E-state index < -0.39 is 0 Å². The summed E-state index contributed by atoms with van der Waals surface area (Å²) in [6.45, 7) is 5.90. The van der Waals surface area contributed by atoms with Gasteiger partial charge in [0.15, 0.2) is 6.61 Å². The molecule has 0 saturated carbocycles. The first-order valence-corrected chi connectivity index (χ1v) is 9.14. The minimum Gasteiger partial charge on any atom is -0.483 e. The summed E-state index contributed by atoms with van der Waals surface area (Å²) in [5.74, 6) is 1.58. The Balaban J connectivity index is 1.46. The van der Waals surface area contributed by atoms with E-state index in [2.05, 4.69) is 43.3 Å². The molecule has 0 aliphatic carbocycles. The lowest BCUT2D eigenvalue weighted by Gasteiger charge is -2.32. The van der Waals surface area contributed by atoms with Crippen LogP contribution in [0.5, 0.6) is 5.75 Å². The molecule has 3 nitrogen and oxygen atoms in total. The fourth-order valence-corrected chi connectivity index (χ4v) is 3.45. The molecular weight excluding hydrogens is 310 g/mol. The minimum absolute atomic E-state index is 0.0964. The van der Waals surface area contributed by atoms with E-state index >= 15 is 0 Å². The van der Waals surface area contributed by atoms with Crippen LogP contribution in [0.15, 0.2) is 48.5 Å². The van der Waals surface area contributed by atoms with Gasteiger partial charge in [0.2, 0.25) is 0 Å². The monoisotopic (exact) mass is 337 g/mol. The van der Waals surface area contributed by atoms with E-state index in [4.69, 9.17) is 4.74 Å². The van der Waals surface area contributed by atoms with Gasteiger partial charge in [-0.15, -0.1) is 0 Å². The number of nitrogens with zero attached hydrogens (tertiary/aromatic N) is 1. The van der Waals surface area contributed by atoms with Crippen molar-refractivity contribution in [1.29, 1.82) is 0 Å². The van der Waals surface area contributed by atoms with E-state index in [9.17, 15) is 4.79 Å². The average molecular weight is 337 g/mol. The number of carbonyl (C=O) groups excluding carboxylic acids is 1. The Kier molecular flexibility index (Phi) is 5.75. The van der Waals surface area contributed by atoms with Crippen LogP contribution in [-0.2, 0) is 11.2 Å². The van der Waals surface area contributed by atoms with Crippen LogP contribution >= 0.6 is 0 Å². The molecule has 0 bridgehead atoms. The maximum atomic E-state index is 12.4. The second-order valence-electron chi connectivity index (χ2n) is 7.00. The summed E-state index contributed by atoms with van der Waals surface area (Å²) in [6, 6.07) is 16.6. The number of hydrogen-bond acceptors (Lipinski definition) is 2. The molecule has 132 valence electrons. The van der Waals surface area contributed by atoms with Crippen molar-refractivity contribution in [3.63, 3.8) is 0 Å². The Morgan fingerprint density at radius 1 is 1.04 bits per heavy atom. The number of carbonyl (C=O) groups is 1. The van der Waals surface area contributed by atoms with Gasteiger partial charge in [0.1, 0.15) is 5.75 Å². The minimum atomic E-state index is 0.0964. The molecule has 0 atom stereocenters. The number of ether oxygens (including phenoxy) is 1. The van der Waals surface area contributed by atoms with Gasteiger partial charge in [-0.2, -0.15) is 0 Å². The molecule has 0 spiro atoms. The molecule has 0 unspecified atom stereocenters. The van der Waals surface area contributed by atoms with Crippen molar-refractivity contribution in [2.24, 2.45) is 5.92 Å². The van der Waals surface area contributed by atoms with Crippen molar-refractivity contribution in [2.45, 2.75) is 33.1 Å². The van der Waals surface area contributed by atoms with Crippen LogP contribution < -0.4 is 4.74 Å². The van der Waals surface area contributed by atoms with Crippen LogP contribution in [0.1, 0.15) is 29.5 Å². The van der Waals surface area contributed by atoms with E-state index in [1.165, 1.54) is 11.1 Å². The highest BCUT2D eigenvalue weighted by molar-refractivity contribution is 5.77. The van der Waals surface area contributed by atoms with E-state index in [-0.39, 0.29) is 12.5 Å². The number of piperidine rings is 1. The van der Waals surface area contributed by atoms with Crippen molar-refractivity contribution in [1.82, 2.24) is 4.90 Å². The first-order valence-electron chi connectivity index (χ1n) is 9.14. The molecule has 2 aromatic rings. The highest BCUT2D eigenvalue weighted by atomic mass is 16.5. The summed E-state index contributed by atoms with van der Waals surface area (Å²) in [5, 5.41) is 0. The quantitative estimate of drug-likeness (QED) is 0.820. The Morgan fingerprint density at radius 2 is 1.76 bits per heavy atom. The van der Waals surface area contributed by atoms with Crippen molar-refractivity contribution >= 4 is 5.91 Å². The van der Waals surface area contributed by atoms with Gasteiger partial charge < -0.3 is 9.64 Å². The zero-order valence-corrected chi connectivity index (χ0v) is 15.2. The fraction of sp³-hybridized carbons (Fsp3) is 0.409. The van der Waals surface area contributed by atoms with Crippen molar-refractivity contribution < 1.29 is 9.53 Å². The standard InChI is InChI=1S/C22H27NO2/c1-17-7-6-10-21(18(17)2)25-16-22(24)23-13-11-20(12-14-23)15-19-8-4-3-5-9-19/h3-10,20H,11-16H2,1-2H3. The number of rotatable bonds is 5. The molecular formula is C22H27NO2. The molecule has 0 N–H and O–H groups in total. The van der Waals surface area contributed by atoms with Crippen LogP contribution in [-0.4, -0.2) is 30.5 Å². The number of amides is 1. The normalized spacial score (nSPS) is 15.2. The van der Waals surface area contributed by atoms with Crippen LogP contribution in [0, 0.1) is 19.8 Å². The van der Waals surface area contributed by atoms with E-state index in [0.717, 1.165) is 43.7 Å². The first-order chi connectivity index (χ1) is 12.1. The van der Waals surface area contributed by atoms with Gasteiger partial charge in [0.05, 0.1) is 0 Å². The summed E-state index contributed by atoms with van der Waals surface area (Å²) in [5.41, 5.74) is 3.69. The van der Waals surface area contributed by atoms with Crippen LogP contribution in [0.2, 0.25) is 0 Å². The lowest BCUT2D eigenvalue weighted by Crippen LogP contribution is -2.41. The van der Waals surface area contributed by atoms with Crippen LogP contribution in [0.3, 0.4) is 0 Å². The second-order valence-corrected chi connectivity index (χ2v) is 7.00. The number of aryl methyl sites for hydroxylation is 1. The SMILES string of the molecule is Cc1cccc(OCC(=O)N2CCC(Cc3ccccc3)CC2)c1C. The third kappa shape index (κ3) is 4.62. The molecule has 1 fully saturated rings. The Labute approximate surface area is 150 Å². The van der Waals surface area contributed by atoms with E-state index in [1.807, 2.05) is 24.0 Å². The van der Waals surface area contributed by atoms with Gasteiger partial charge in [0.25, 0.3) is 5.91 Å². The van der Waals surface area contributed by atoms with Gasteiger partial charge in [-0.1, -0.05) is 42.5 Å². The Bertz CT molecular complexity index is 703. The Morgan fingerprint density at radius 3 is 2.48 bits per heavy atom. The molecule has 1 heterocycles. The third-order valence-electron chi connectivity index (χ3n) is 5.24. The summed E-state index contributed by atoms with van der Waals surface area (Å²) in [7, 11) is 0. The summed E-state index contributed by atoms with van der Waals surface area (Å²) in [6.07, 6.45) is 3.26. The summed E-state index contributed by atoms with van der Waals surface area (Å²) in [4.78, 5) is 14.4. The zero-order valence-electron chi connectivity index (χ0n) is 15.2. The topological polar surface area (TPSA) is 29.5 Å². The molecule has 1 aliphatic rings. The molecule has 3 rings (SSSR count). The number of benzene rings is 2. The van der Waals surface area contributed by atoms with Gasteiger partial charge >= 0.3 is 0 Å². The van der Waals surface area contributed by atoms with Crippen LogP contribution in [0.4, 0.5) is 0 Å². The van der Waals surface area contributed by atoms with E-state index in [0.29, 0.717) is 5.92 Å². The van der Waals surface area contributed by atoms with E-state index in [1.54, 1.807) is 0 Å². The molecule has 1 amide bonds. The molecule has 1 saturated heterocycles. The Hall–Kier alpha value is -2.29. The van der Waals surface area contributed by atoms with Crippen molar-refractivity contribution in [3.05, 3.63) is 65.2 Å². The predicted octanol–water partition coefficient (Wildman–Crippen LogP) is 4.16. The molecule has 0 radical (unpaired) electrons. The first kappa shape index (κ1) is 17.5. The largest absolute Gasteiger partial charge is 0.483 e. The fourth-order valence-electron chi connectivity index (χ4n) is 3.45. The van der Waals surface area contributed by atoms with Gasteiger partial charge in [-0.25, -0.2) is 0 Å².